The summed E-state index contributed by atoms with van der Waals surface area (Å²) in [6.45, 7) is 0.420. The second-order valence-corrected chi connectivity index (χ2v) is 4.27. The van der Waals surface area contributed by atoms with Crippen molar-refractivity contribution >= 4 is 5.95 Å². The van der Waals surface area contributed by atoms with Gasteiger partial charge in [0.25, 0.3) is 0 Å². The third kappa shape index (κ3) is 2.85. The number of halogens is 3. The third-order valence-corrected chi connectivity index (χ3v) is 2.86. The van der Waals surface area contributed by atoms with E-state index in [1.807, 2.05) is 0 Å². The van der Waals surface area contributed by atoms with Crippen molar-refractivity contribution in [1.82, 2.24) is 9.97 Å². The van der Waals surface area contributed by atoms with Crippen LogP contribution in [-0.4, -0.2) is 28.2 Å². The number of aliphatic hydroxyl groups is 1. The topological polar surface area (TPSA) is 58.0 Å². The number of aromatic nitrogens is 2. The largest absolute Gasteiger partial charge is 0.433 e. The minimum Gasteiger partial charge on any atom is -0.396 e. The molecule has 2 N–H and O–H groups in total. The highest BCUT2D eigenvalue weighted by Gasteiger charge is 2.42. The van der Waals surface area contributed by atoms with Gasteiger partial charge in [-0.05, 0) is 18.9 Å². The van der Waals surface area contributed by atoms with Crippen molar-refractivity contribution in [2.75, 3.05) is 18.5 Å². The smallest absolute Gasteiger partial charge is 0.396 e. The Hall–Kier alpha value is -1.37. The number of aliphatic hydroxyl groups excluding tert-OH is 1. The number of anilines is 1. The first kappa shape index (κ1) is 12.1. The number of nitrogens with one attached hydrogen (secondary N) is 1. The van der Waals surface area contributed by atoms with E-state index >= 15 is 0 Å². The maximum atomic E-state index is 12.4. The lowest BCUT2D eigenvalue weighted by Gasteiger charge is -2.13. The molecule has 17 heavy (non-hydrogen) atoms. The molecule has 0 radical (unpaired) electrons. The van der Waals surface area contributed by atoms with Gasteiger partial charge in [-0.15, -0.1) is 0 Å². The van der Waals surface area contributed by atoms with E-state index in [0.29, 0.717) is 6.54 Å². The lowest BCUT2D eigenvalue weighted by Crippen LogP contribution is -2.21. The molecule has 0 aliphatic heterocycles. The molecule has 7 heteroatoms. The predicted octanol–water partition coefficient (Wildman–Crippen LogP) is 1.68. The summed E-state index contributed by atoms with van der Waals surface area (Å²) in [5.74, 6) is -0.0560. The molecule has 94 valence electrons. The van der Waals surface area contributed by atoms with E-state index < -0.39 is 11.9 Å². The minimum atomic E-state index is -4.46. The monoisotopic (exact) mass is 247 g/mol. The van der Waals surface area contributed by atoms with E-state index in [2.05, 4.69) is 15.3 Å². The van der Waals surface area contributed by atoms with Gasteiger partial charge in [0.05, 0.1) is 6.61 Å². The highest BCUT2D eigenvalue weighted by molar-refractivity contribution is 5.27. The van der Waals surface area contributed by atoms with Crippen LogP contribution in [0.3, 0.4) is 0 Å². The number of hydrogen-bond acceptors (Lipinski definition) is 4. The van der Waals surface area contributed by atoms with Gasteiger partial charge >= 0.3 is 6.18 Å². The molecule has 1 aliphatic rings. The molecule has 1 fully saturated rings. The fraction of sp³-hybridized carbons (Fsp3) is 0.600. The summed E-state index contributed by atoms with van der Waals surface area (Å²) in [4.78, 5) is 7.09. The van der Waals surface area contributed by atoms with Crippen LogP contribution < -0.4 is 5.32 Å². The van der Waals surface area contributed by atoms with Crippen LogP contribution in [0.15, 0.2) is 12.3 Å². The first-order chi connectivity index (χ1) is 7.95. The van der Waals surface area contributed by atoms with E-state index in [4.69, 9.17) is 5.11 Å². The van der Waals surface area contributed by atoms with E-state index in [9.17, 15) is 13.2 Å². The van der Waals surface area contributed by atoms with E-state index in [-0.39, 0.29) is 18.0 Å². The van der Waals surface area contributed by atoms with Gasteiger partial charge in [-0.3, -0.25) is 0 Å². The highest BCUT2D eigenvalue weighted by Crippen LogP contribution is 2.44. The second kappa shape index (κ2) is 4.14. The maximum absolute atomic E-state index is 12.4. The van der Waals surface area contributed by atoms with Crippen molar-refractivity contribution in [3.05, 3.63) is 18.0 Å². The average Bonchev–Trinajstić information content (AvgIpc) is 3.06. The van der Waals surface area contributed by atoms with Crippen LogP contribution in [0.4, 0.5) is 19.1 Å². The molecule has 1 saturated carbocycles. The lowest BCUT2D eigenvalue weighted by molar-refractivity contribution is -0.141. The molecule has 1 aromatic rings. The van der Waals surface area contributed by atoms with Gasteiger partial charge in [-0.2, -0.15) is 13.2 Å². The van der Waals surface area contributed by atoms with E-state index in [1.54, 1.807) is 0 Å². The van der Waals surface area contributed by atoms with E-state index in [0.717, 1.165) is 25.1 Å². The normalized spacial score (nSPS) is 17.9. The molecule has 0 spiro atoms. The molecule has 0 aromatic carbocycles. The quantitative estimate of drug-likeness (QED) is 0.849. The molecule has 0 atom stereocenters. The Kier molecular flexibility index (Phi) is 2.94. The summed E-state index contributed by atoms with van der Waals surface area (Å²) in [5, 5.41) is 11.8. The Bertz CT molecular complexity index is 404. The molecular weight excluding hydrogens is 235 g/mol. The fourth-order valence-electron chi connectivity index (χ4n) is 1.44. The summed E-state index contributed by atoms with van der Waals surface area (Å²) in [6, 6.07) is 0.824. The molecule has 0 bridgehead atoms. The molecule has 0 amide bonds. The van der Waals surface area contributed by atoms with Crippen molar-refractivity contribution < 1.29 is 18.3 Å². The van der Waals surface area contributed by atoms with E-state index in [1.165, 1.54) is 0 Å². The summed E-state index contributed by atoms with van der Waals surface area (Å²) < 4.78 is 37.1. The van der Waals surface area contributed by atoms with Crippen molar-refractivity contribution in [1.29, 1.82) is 0 Å². The molecule has 0 saturated heterocycles. The first-order valence-corrected chi connectivity index (χ1v) is 5.20. The molecule has 1 aliphatic carbocycles. The Balaban J connectivity index is 2.02. The van der Waals surface area contributed by atoms with Crippen LogP contribution in [0.5, 0.6) is 0 Å². The number of nitrogens with zero attached hydrogens (tertiary/aromatic N) is 2. The standard InChI is InChI=1S/C10H12F3N3O/c11-10(12,13)7-1-4-14-8(16-7)15-5-9(6-17)2-3-9/h1,4,17H,2-3,5-6H2,(H,14,15,16). The Morgan fingerprint density at radius 2 is 2.12 bits per heavy atom. The Morgan fingerprint density at radius 1 is 1.41 bits per heavy atom. The van der Waals surface area contributed by atoms with Gasteiger partial charge in [-0.25, -0.2) is 9.97 Å². The minimum absolute atomic E-state index is 0.0267. The van der Waals surface area contributed by atoms with Crippen molar-refractivity contribution in [2.45, 2.75) is 19.0 Å². The zero-order valence-corrected chi connectivity index (χ0v) is 8.96. The van der Waals surface area contributed by atoms with Crippen LogP contribution in [0, 0.1) is 5.41 Å². The highest BCUT2D eigenvalue weighted by atomic mass is 19.4. The van der Waals surface area contributed by atoms with Crippen LogP contribution >= 0.6 is 0 Å². The molecule has 4 nitrogen and oxygen atoms in total. The summed E-state index contributed by atoms with van der Waals surface area (Å²) in [6.07, 6.45) is -1.66. The van der Waals surface area contributed by atoms with Gasteiger partial charge in [-0.1, -0.05) is 0 Å². The first-order valence-electron chi connectivity index (χ1n) is 5.20. The zero-order chi connectivity index (χ0) is 12.5. The van der Waals surface area contributed by atoms with Crippen molar-refractivity contribution in [2.24, 2.45) is 5.41 Å². The molecule has 1 heterocycles. The maximum Gasteiger partial charge on any atom is 0.433 e. The summed E-state index contributed by atoms with van der Waals surface area (Å²) >= 11 is 0. The molecular formula is C10H12F3N3O. The van der Waals surface area contributed by atoms with Crippen LogP contribution in [0.25, 0.3) is 0 Å². The number of rotatable bonds is 4. The van der Waals surface area contributed by atoms with Crippen LogP contribution in [0.1, 0.15) is 18.5 Å². The van der Waals surface area contributed by atoms with Gasteiger partial charge in [0.2, 0.25) is 5.95 Å². The van der Waals surface area contributed by atoms with Gasteiger partial charge < -0.3 is 10.4 Å². The molecule has 1 aromatic heterocycles. The Labute approximate surface area is 95.9 Å². The SMILES string of the molecule is OCC1(CNc2nccc(C(F)(F)F)n2)CC1. The number of alkyl halides is 3. The second-order valence-electron chi connectivity index (χ2n) is 4.27. The van der Waals surface area contributed by atoms with Crippen LogP contribution in [-0.2, 0) is 6.18 Å². The predicted molar refractivity (Wildman–Crippen MR) is 54.3 cm³/mol. The lowest BCUT2D eigenvalue weighted by atomic mass is 10.1. The average molecular weight is 247 g/mol. The van der Waals surface area contributed by atoms with Crippen LogP contribution in [0.2, 0.25) is 0 Å². The van der Waals surface area contributed by atoms with Crippen molar-refractivity contribution in [3.8, 4) is 0 Å². The summed E-state index contributed by atoms with van der Waals surface area (Å²) in [5.41, 5.74) is -1.17. The number of hydrogen-bond donors (Lipinski definition) is 2. The zero-order valence-electron chi connectivity index (χ0n) is 8.96. The fourth-order valence-corrected chi connectivity index (χ4v) is 1.44. The van der Waals surface area contributed by atoms with Gasteiger partial charge in [0, 0.05) is 18.2 Å². The Morgan fingerprint density at radius 3 is 2.65 bits per heavy atom. The van der Waals surface area contributed by atoms with Gasteiger partial charge in [0.1, 0.15) is 5.69 Å². The molecule has 2 rings (SSSR count). The van der Waals surface area contributed by atoms with Gasteiger partial charge in [0.15, 0.2) is 0 Å². The molecule has 0 unspecified atom stereocenters. The third-order valence-electron chi connectivity index (χ3n) is 2.86. The summed E-state index contributed by atoms with van der Waals surface area (Å²) in [7, 11) is 0. The van der Waals surface area contributed by atoms with Crippen molar-refractivity contribution in [3.63, 3.8) is 0 Å².